The van der Waals surface area contributed by atoms with Crippen LogP contribution in [0.1, 0.15) is 5.56 Å². The molecular weight excluding hydrogens is 320 g/mol. The van der Waals surface area contributed by atoms with Crippen molar-refractivity contribution in [2.24, 2.45) is 0 Å². The minimum absolute atomic E-state index is 0.676. The van der Waals surface area contributed by atoms with Crippen LogP contribution in [-0.2, 0) is 6.54 Å². The Bertz CT molecular complexity index is 962. The number of rotatable bonds is 4. The molecule has 4 nitrogen and oxygen atoms in total. The Labute approximate surface area is 144 Å². The molecular formula is C19H15ClN4. The molecule has 0 unspecified atom stereocenters. The molecule has 0 amide bonds. The average Bonchev–Trinajstić information content (AvgIpc) is 3.01. The van der Waals surface area contributed by atoms with E-state index < -0.39 is 0 Å². The zero-order valence-electron chi connectivity index (χ0n) is 12.9. The van der Waals surface area contributed by atoms with Crippen LogP contribution in [0, 0.1) is 0 Å². The van der Waals surface area contributed by atoms with E-state index >= 15 is 0 Å². The van der Waals surface area contributed by atoms with Crippen molar-refractivity contribution in [1.29, 1.82) is 0 Å². The van der Waals surface area contributed by atoms with Gasteiger partial charge in [-0.15, -0.1) is 0 Å². The Morgan fingerprint density at radius 1 is 0.958 bits per heavy atom. The number of fused-ring (bicyclic) bond motifs is 1. The molecule has 0 aliphatic heterocycles. The van der Waals surface area contributed by atoms with Crippen LogP contribution in [-0.4, -0.2) is 14.4 Å². The third kappa shape index (κ3) is 2.84. The van der Waals surface area contributed by atoms with E-state index in [1.807, 2.05) is 59.1 Å². The molecule has 0 bridgehead atoms. The van der Waals surface area contributed by atoms with E-state index in [1.54, 1.807) is 6.20 Å². The van der Waals surface area contributed by atoms with Gasteiger partial charge in [0.15, 0.2) is 0 Å². The number of imidazole rings is 1. The van der Waals surface area contributed by atoms with Crippen molar-refractivity contribution in [2.75, 3.05) is 5.32 Å². The SMILES string of the molecule is Clc1ccc(CNc2c(-c3ccccc3)nc3ncccn23)cc1. The largest absolute Gasteiger partial charge is 0.365 e. The molecule has 4 aromatic rings. The normalized spacial score (nSPS) is 10.9. The fourth-order valence-corrected chi connectivity index (χ4v) is 2.77. The van der Waals surface area contributed by atoms with E-state index in [0.29, 0.717) is 12.3 Å². The van der Waals surface area contributed by atoms with E-state index in [-0.39, 0.29) is 0 Å². The summed E-state index contributed by atoms with van der Waals surface area (Å²) in [6.45, 7) is 0.680. The summed E-state index contributed by atoms with van der Waals surface area (Å²) in [6.07, 6.45) is 3.71. The standard InChI is InChI=1S/C19H15ClN4/c20-16-9-7-14(8-10-16)13-22-18-17(15-5-2-1-3-6-15)23-19-21-11-4-12-24(18)19/h1-12,22H,13H2. The zero-order chi connectivity index (χ0) is 16.4. The average molecular weight is 335 g/mol. The molecule has 0 aliphatic rings. The summed E-state index contributed by atoms with van der Waals surface area (Å²) in [6, 6.07) is 19.8. The number of hydrogen-bond acceptors (Lipinski definition) is 3. The molecule has 1 N–H and O–H groups in total. The molecule has 0 saturated heterocycles. The third-order valence-electron chi connectivity index (χ3n) is 3.82. The van der Waals surface area contributed by atoms with Crippen LogP contribution in [0.25, 0.3) is 17.0 Å². The highest BCUT2D eigenvalue weighted by Crippen LogP contribution is 2.28. The van der Waals surface area contributed by atoms with Gasteiger partial charge in [0.2, 0.25) is 5.78 Å². The maximum atomic E-state index is 5.95. The maximum absolute atomic E-state index is 5.95. The third-order valence-corrected chi connectivity index (χ3v) is 4.08. The monoisotopic (exact) mass is 334 g/mol. The molecule has 0 radical (unpaired) electrons. The minimum Gasteiger partial charge on any atom is -0.365 e. The van der Waals surface area contributed by atoms with E-state index in [0.717, 1.165) is 27.7 Å². The van der Waals surface area contributed by atoms with Gasteiger partial charge in [0.25, 0.3) is 0 Å². The molecule has 0 spiro atoms. The molecule has 0 aliphatic carbocycles. The molecule has 2 aromatic heterocycles. The number of nitrogens with zero attached hydrogens (tertiary/aromatic N) is 3. The van der Waals surface area contributed by atoms with Crippen LogP contribution >= 0.6 is 11.6 Å². The van der Waals surface area contributed by atoms with Gasteiger partial charge in [0.05, 0.1) is 0 Å². The molecule has 4 rings (SSSR count). The highest BCUT2D eigenvalue weighted by molar-refractivity contribution is 6.30. The van der Waals surface area contributed by atoms with Crippen molar-refractivity contribution in [3.8, 4) is 11.3 Å². The van der Waals surface area contributed by atoms with Gasteiger partial charge in [-0.1, -0.05) is 54.1 Å². The maximum Gasteiger partial charge on any atom is 0.235 e. The van der Waals surface area contributed by atoms with Crippen molar-refractivity contribution in [3.63, 3.8) is 0 Å². The first kappa shape index (κ1) is 14.7. The second-order valence-electron chi connectivity index (χ2n) is 5.44. The topological polar surface area (TPSA) is 42.2 Å². The summed E-state index contributed by atoms with van der Waals surface area (Å²) >= 11 is 5.95. The first-order valence-corrected chi connectivity index (χ1v) is 8.06. The lowest BCUT2D eigenvalue weighted by Crippen LogP contribution is -2.03. The van der Waals surface area contributed by atoms with Crippen molar-refractivity contribution in [1.82, 2.24) is 14.4 Å². The van der Waals surface area contributed by atoms with Crippen LogP contribution in [0.3, 0.4) is 0 Å². The lowest BCUT2D eigenvalue weighted by molar-refractivity contribution is 1.06. The number of aromatic nitrogens is 3. The molecule has 0 saturated carbocycles. The number of halogens is 1. The van der Waals surface area contributed by atoms with Crippen molar-refractivity contribution in [3.05, 3.63) is 83.6 Å². The summed E-state index contributed by atoms with van der Waals surface area (Å²) in [4.78, 5) is 9.03. The van der Waals surface area contributed by atoms with Crippen LogP contribution in [0.2, 0.25) is 5.02 Å². The van der Waals surface area contributed by atoms with Crippen LogP contribution < -0.4 is 5.32 Å². The van der Waals surface area contributed by atoms with Crippen molar-refractivity contribution < 1.29 is 0 Å². The Morgan fingerprint density at radius 3 is 2.54 bits per heavy atom. The minimum atomic E-state index is 0.676. The Kier molecular flexibility index (Phi) is 3.89. The Hall–Kier alpha value is -2.85. The molecule has 2 heterocycles. The summed E-state index contributed by atoms with van der Waals surface area (Å²) < 4.78 is 1.97. The number of anilines is 1. The second kappa shape index (κ2) is 6.34. The predicted molar refractivity (Wildman–Crippen MR) is 97.2 cm³/mol. The fourth-order valence-electron chi connectivity index (χ4n) is 2.64. The van der Waals surface area contributed by atoms with Crippen molar-refractivity contribution in [2.45, 2.75) is 6.54 Å². The van der Waals surface area contributed by atoms with Gasteiger partial charge in [0, 0.05) is 29.5 Å². The van der Waals surface area contributed by atoms with E-state index in [1.165, 1.54) is 0 Å². The first-order chi connectivity index (χ1) is 11.8. The molecule has 118 valence electrons. The first-order valence-electron chi connectivity index (χ1n) is 7.68. The van der Waals surface area contributed by atoms with Crippen molar-refractivity contribution >= 4 is 23.2 Å². The summed E-state index contributed by atoms with van der Waals surface area (Å²) in [5, 5.41) is 4.23. The molecule has 24 heavy (non-hydrogen) atoms. The van der Waals surface area contributed by atoms with Crippen LogP contribution in [0.4, 0.5) is 5.82 Å². The van der Waals surface area contributed by atoms with Crippen LogP contribution in [0.15, 0.2) is 73.1 Å². The van der Waals surface area contributed by atoms with Crippen LogP contribution in [0.5, 0.6) is 0 Å². The summed E-state index contributed by atoms with van der Waals surface area (Å²) in [7, 11) is 0. The lowest BCUT2D eigenvalue weighted by Gasteiger charge is -2.09. The quantitative estimate of drug-likeness (QED) is 0.590. The van der Waals surface area contributed by atoms with Gasteiger partial charge in [-0.2, -0.15) is 0 Å². The van der Waals surface area contributed by atoms with Gasteiger partial charge in [-0.25, -0.2) is 9.97 Å². The van der Waals surface area contributed by atoms with Gasteiger partial charge in [-0.3, -0.25) is 4.40 Å². The van der Waals surface area contributed by atoms with Gasteiger partial charge in [-0.05, 0) is 23.8 Å². The van der Waals surface area contributed by atoms with E-state index in [2.05, 4.69) is 27.4 Å². The molecule has 0 fully saturated rings. The molecule has 2 aromatic carbocycles. The van der Waals surface area contributed by atoms with E-state index in [4.69, 9.17) is 11.6 Å². The highest BCUT2D eigenvalue weighted by atomic mass is 35.5. The lowest BCUT2D eigenvalue weighted by atomic mass is 10.1. The second-order valence-corrected chi connectivity index (χ2v) is 5.88. The molecule has 0 atom stereocenters. The summed E-state index contributed by atoms with van der Waals surface area (Å²) in [5.41, 5.74) is 3.10. The van der Waals surface area contributed by atoms with Gasteiger partial charge < -0.3 is 5.32 Å². The Balaban J connectivity index is 1.74. The smallest absolute Gasteiger partial charge is 0.235 e. The fraction of sp³-hybridized carbons (Fsp3) is 0.0526. The number of benzene rings is 2. The number of nitrogens with one attached hydrogen (secondary N) is 1. The predicted octanol–water partition coefficient (Wildman–Crippen LogP) is 4.66. The Morgan fingerprint density at radius 2 is 1.75 bits per heavy atom. The molecule has 5 heteroatoms. The summed E-state index contributed by atoms with van der Waals surface area (Å²) in [5.74, 6) is 1.61. The number of hydrogen-bond donors (Lipinski definition) is 1. The highest BCUT2D eigenvalue weighted by Gasteiger charge is 2.14. The van der Waals surface area contributed by atoms with Gasteiger partial charge in [0.1, 0.15) is 11.5 Å². The van der Waals surface area contributed by atoms with Gasteiger partial charge >= 0.3 is 0 Å². The van der Waals surface area contributed by atoms with E-state index in [9.17, 15) is 0 Å². The zero-order valence-corrected chi connectivity index (χ0v) is 13.6.